The molecule has 0 aromatic heterocycles. The fourth-order valence-electron chi connectivity index (χ4n) is 15.7. The van der Waals surface area contributed by atoms with Crippen LogP contribution in [-0.4, -0.2) is 60.0 Å². The molecule has 0 amide bonds. The van der Waals surface area contributed by atoms with E-state index in [0.717, 1.165) is 60.5 Å². The smallest absolute Gasteiger partial charge is 0.329 e. The van der Waals surface area contributed by atoms with E-state index in [-0.39, 0.29) is 52.5 Å². The highest BCUT2D eigenvalue weighted by atomic mass is 16.6. The number of ether oxygens (including phenoxy) is 4. The molecule has 12 rings (SSSR count). The van der Waals surface area contributed by atoms with Crippen molar-refractivity contribution in [1.29, 1.82) is 0 Å². The number of carbonyl (C=O) groups excluding carboxylic acids is 4. The normalized spacial score (nSPS) is 50.2. The predicted molar refractivity (Wildman–Crippen MR) is 195 cm³/mol. The first-order valence-electron chi connectivity index (χ1n) is 20.6. The van der Waals surface area contributed by atoms with Gasteiger partial charge in [0.05, 0.1) is 24.9 Å². The Morgan fingerprint density at radius 2 is 0.962 bits per heavy atom. The zero-order valence-corrected chi connectivity index (χ0v) is 33.0. The number of cyclic esters (lactones) is 3. The van der Waals surface area contributed by atoms with E-state index in [1.54, 1.807) is 0 Å². The fraction of sp³-hybridized carbons (Fsp3) is 0.818. The second-order valence-corrected chi connectivity index (χ2v) is 20.0. The van der Waals surface area contributed by atoms with Crippen molar-refractivity contribution in [2.45, 2.75) is 103 Å². The van der Waals surface area contributed by atoms with Gasteiger partial charge in [-0.2, -0.15) is 0 Å². The van der Waals surface area contributed by atoms with E-state index in [1.165, 1.54) is 52.1 Å². The van der Waals surface area contributed by atoms with Gasteiger partial charge in [0.1, 0.15) is 16.8 Å². The van der Waals surface area contributed by atoms with Crippen molar-refractivity contribution in [1.82, 2.24) is 0 Å². The molecule has 3 heterocycles. The summed E-state index contributed by atoms with van der Waals surface area (Å²) in [5.74, 6) is 11.7. The molecule has 0 spiro atoms. The standard InChI is InChI=1S/2C13H18O2.C13H16O2.C4H6O2.CH4O/c3*1-13(2)11-9-7-4-3-6(5-7)8(9)10(11)12(14)15-13;1-3-4(5)6-2;1-2/h2*6-11H,3-5H2,1-2H3;3-4,6-11H,5H2,1-2H3;3H,1H2,2H3;2H,1H3. The molecule has 9 heteroatoms. The summed E-state index contributed by atoms with van der Waals surface area (Å²) in [5, 5.41) is 7.00. The zero-order chi connectivity index (χ0) is 38.1. The third kappa shape index (κ3) is 5.23. The molecule has 3 aliphatic heterocycles. The molecule has 11 fully saturated rings. The van der Waals surface area contributed by atoms with Gasteiger partial charge in [-0.1, -0.05) is 18.7 Å². The molecule has 0 radical (unpaired) electrons. The Morgan fingerprint density at radius 3 is 1.32 bits per heavy atom. The second-order valence-electron chi connectivity index (χ2n) is 20.0. The van der Waals surface area contributed by atoms with Crippen LogP contribution in [0.25, 0.3) is 0 Å². The molecule has 9 aliphatic carbocycles. The number of hydrogen-bond donors (Lipinski definition) is 1. The minimum Gasteiger partial charge on any atom is -0.466 e. The van der Waals surface area contributed by atoms with Crippen molar-refractivity contribution in [3.8, 4) is 0 Å². The fourth-order valence-corrected chi connectivity index (χ4v) is 15.7. The van der Waals surface area contributed by atoms with Crippen molar-refractivity contribution >= 4 is 23.9 Å². The molecule has 8 saturated carbocycles. The molecule has 0 aromatic rings. The third-order valence-corrected chi connectivity index (χ3v) is 17.0. The molecule has 9 nitrogen and oxygen atoms in total. The molecule has 292 valence electrons. The Kier molecular flexibility index (Phi) is 8.91. The van der Waals surface area contributed by atoms with E-state index < -0.39 is 5.97 Å². The van der Waals surface area contributed by atoms with Gasteiger partial charge in [-0.25, -0.2) is 4.79 Å². The lowest BCUT2D eigenvalue weighted by molar-refractivity contribution is -0.151. The maximum absolute atomic E-state index is 11.8. The highest BCUT2D eigenvalue weighted by Crippen LogP contribution is 2.73. The summed E-state index contributed by atoms with van der Waals surface area (Å²) in [5.41, 5.74) is -0.554. The molecule has 6 bridgehead atoms. The molecule has 1 N–H and O–H groups in total. The number of fused-ring (bicyclic) bond motifs is 24. The average Bonchev–Trinajstić information content (AvgIpc) is 3.91. The monoisotopic (exact) mass is 734 g/mol. The molecule has 12 aliphatic rings. The van der Waals surface area contributed by atoms with Crippen molar-refractivity contribution in [3.63, 3.8) is 0 Å². The minimum atomic E-state index is -0.394. The Bertz CT molecular complexity index is 1510. The van der Waals surface area contributed by atoms with Crippen LogP contribution in [0.5, 0.6) is 0 Å². The van der Waals surface area contributed by atoms with Crippen LogP contribution in [0.2, 0.25) is 0 Å². The molecule has 0 aromatic carbocycles. The lowest BCUT2D eigenvalue weighted by atomic mass is 9.49. The maximum Gasteiger partial charge on any atom is 0.329 e. The molecule has 53 heavy (non-hydrogen) atoms. The van der Waals surface area contributed by atoms with Gasteiger partial charge in [0, 0.05) is 30.9 Å². The Labute approximate surface area is 315 Å². The number of allylic oxidation sites excluding steroid dienone is 2. The van der Waals surface area contributed by atoms with E-state index in [4.69, 9.17) is 19.3 Å². The van der Waals surface area contributed by atoms with Gasteiger partial charge >= 0.3 is 23.9 Å². The van der Waals surface area contributed by atoms with E-state index in [9.17, 15) is 19.2 Å². The summed E-state index contributed by atoms with van der Waals surface area (Å²) in [7, 11) is 2.31. The summed E-state index contributed by atoms with van der Waals surface area (Å²) in [6.45, 7) is 15.8. The molecule has 3 saturated heterocycles. The van der Waals surface area contributed by atoms with Gasteiger partial charge in [0.25, 0.3) is 0 Å². The number of esters is 4. The first-order chi connectivity index (χ1) is 25.1. The van der Waals surface area contributed by atoms with E-state index >= 15 is 0 Å². The summed E-state index contributed by atoms with van der Waals surface area (Å²) in [6, 6.07) is 0. The van der Waals surface area contributed by atoms with Gasteiger partial charge in [-0.05, 0) is 158 Å². The number of methoxy groups -OCH3 is 1. The highest BCUT2D eigenvalue weighted by Gasteiger charge is 2.74. The Morgan fingerprint density at radius 1 is 0.623 bits per heavy atom. The number of aliphatic hydroxyl groups is 1. The molecular formula is C44H62O9. The van der Waals surface area contributed by atoms with E-state index in [2.05, 4.69) is 65.0 Å². The van der Waals surface area contributed by atoms with Crippen LogP contribution in [0.4, 0.5) is 0 Å². The van der Waals surface area contributed by atoms with Gasteiger partial charge in [-0.15, -0.1) is 0 Å². The number of rotatable bonds is 1. The number of hydrogen-bond acceptors (Lipinski definition) is 9. The van der Waals surface area contributed by atoms with E-state index in [1.807, 2.05) is 0 Å². The summed E-state index contributed by atoms with van der Waals surface area (Å²) < 4.78 is 20.8. The van der Waals surface area contributed by atoms with Crippen LogP contribution in [-0.2, 0) is 38.1 Å². The van der Waals surface area contributed by atoms with Crippen LogP contribution in [0.1, 0.15) is 86.5 Å². The van der Waals surface area contributed by atoms with Gasteiger partial charge < -0.3 is 24.1 Å². The van der Waals surface area contributed by atoms with Gasteiger partial charge in [0.15, 0.2) is 0 Å². The van der Waals surface area contributed by atoms with Gasteiger partial charge in [0.2, 0.25) is 0 Å². The number of carbonyl (C=O) groups is 4. The second kappa shape index (κ2) is 12.7. The van der Waals surface area contributed by atoms with E-state index in [0.29, 0.717) is 41.4 Å². The zero-order valence-electron chi connectivity index (χ0n) is 33.0. The molecular weight excluding hydrogens is 672 g/mol. The van der Waals surface area contributed by atoms with Gasteiger partial charge in [-0.3, -0.25) is 14.4 Å². The Hall–Kier alpha value is -2.68. The number of aliphatic hydroxyl groups excluding tert-OH is 1. The largest absolute Gasteiger partial charge is 0.466 e. The van der Waals surface area contributed by atoms with Crippen LogP contribution in [0.15, 0.2) is 24.8 Å². The summed E-state index contributed by atoms with van der Waals surface area (Å²) >= 11 is 0. The maximum atomic E-state index is 11.8. The quantitative estimate of drug-likeness (QED) is 0.141. The molecule has 18 atom stereocenters. The lowest BCUT2D eigenvalue weighted by Crippen LogP contribution is -2.54. The third-order valence-electron chi connectivity index (χ3n) is 17.0. The first kappa shape index (κ1) is 37.3. The van der Waals surface area contributed by atoms with Crippen LogP contribution in [0, 0.1) is 107 Å². The van der Waals surface area contributed by atoms with Crippen LogP contribution in [0.3, 0.4) is 0 Å². The van der Waals surface area contributed by atoms with Crippen molar-refractivity contribution in [2.75, 3.05) is 14.2 Å². The van der Waals surface area contributed by atoms with Crippen LogP contribution < -0.4 is 0 Å². The topological polar surface area (TPSA) is 125 Å². The summed E-state index contributed by atoms with van der Waals surface area (Å²) in [6.07, 6.45) is 15.5. The SMILES string of the molecule is C=CC(=O)OC.CC1(C)OC(=O)C2C3C4C=CC(C4)C3C21.CC1(C)OC(=O)C2C3C4CCC(C4)C3C21.CC1(C)OC(=O)C2C3C4CCC(C4)C3C21.CO. The minimum absolute atomic E-state index is 0.0761. The van der Waals surface area contributed by atoms with Crippen molar-refractivity contribution in [3.05, 3.63) is 24.8 Å². The van der Waals surface area contributed by atoms with Crippen molar-refractivity contribution < 1.29 is 43.2 Å². The molecule has 18 unspecified atom stereocenters. The lowest BCUT2D eigenvalue weighted by Gasteiger charge is -2.52. The Balaban J connectivity index is 0.000000103. The highest BCUT2D eigenvalue weighted by molar-refractivity contribution is 5.81. The average molecular weight is 735 g/mol. The summed E-state index contributed by atoms with van der Waals surface area (Å²) in [4.78, 5) is 45.4. The van der Waals surface area contributed by atoms with Crippen molar-refractivity contribution in [2.24, 2.45) is 107 Å². The van der Waals surface area contributed by atoms with Crippen LogP contribution >= 0.6 is 0 Å². The first-order valence-corrected chi connectivity index (χ1v) is 20.6. The predicted octanol–water partition coefficient (Wildman–Crippen LogP) is 6.42.